The quantitative estimate of drug-likeness (QED) is 0.661. The molecule has 0 atom stereocenters. The molecule has 1 aromatic rings. The van der Waals surface area contributed by atoms with Crippen molar-refractivity contribution < 1.29 is 12.6 Å². The summed E-state index contributed by atoms with van der Waals surface area (Å²) in [6, 6.07) is 8.33. The lowest BCUT2D eigenvalue weighted by molar-refractivity contribution is 0.357. The van der Waals surface area contributed by atoms with Gasteiger partial charge in [-0.1, -0.05) is 38.1 Å². The lowest BCUT2D eigenvalue weighted by atomic mass is 10.4. The first-order valence-electron chi connectivity index (χ1n) is 5.21. The Balaban J connectivity index is 0.000000557. The molecule has 0 aromatic heterocycles. The minimum Gasteiger partial charge on any atom is -0.328 e. The Morgan fingerprint density at radius 3 is 2.24 bits per heavy atom. The normalized spacial score (nSPS) is 10.6. The highest BCUT2D eigenvalue weighted by atomic mass is 32.2. The number of nitrogens with two attached hydrogens (primary N) is 1. The van der Waals surface area contributed by atoms with E-state index in [1.54, 1.807) is 18.2 Å². The first kappa shape index (κ1) is 15.8. The van der Waals surface area contributed by atoms with E-state index in [9.17, 15) is 8.42 Å². The molecular formula is C12H19NO3S. The van der Waals surface area contributed by atoms with Crippen molar-refractivity contribution in [3.8, 4) is 0 Å². The maximum atomic E-state index is 11.3. The van der Waals surface area contributed by atoms with Crippen LogP contribution in [0.1, 0.15) is 13.8 Å². The molecule has 0 saturated heterocycles. The molecule has 0 aliphatic heterocycles. The lowest BCUT2D eigenvalue weighted by Crippen LogP contribution is -2.06. The second kappa shape index (κ2) is 8.00. The molecule has 1 rings (SSSR count). The van der Waals surface area contributed by atoms with Gasteiger partial charge in [-0.3, -0.25) is 4.18 Å². The van der Waals surface area contributed by atoms with Crippen molar-refractivity contribution in [2.75, 3.05) is 6.61 Å². The Hall–Kier alpha value is -1.17. The average Bonchev–Trinajstić information content (AvgIpc) is 2.27. The van der Waals surface area contributed by atoms with E-state index in [-0.39, 0.29) is 11.5 Å². The third-order valence-corrected chi connectivity index (χ3v) is 2.67. The van der Waals surface area contributed by atoms with E-state index >= 15 is 0 Å². The van der Waals surface area contributed by atoms with E-state index in [1.165, 1.54) is 18.2 Å². The summed E-state index contributed by atoms with van der Waals surface area (Å²) in [5, 5.41) is 0. The van der Waals surface area contributed by atoms with E-state index in [4.69, 9.17) is 5.73 Å². The summed E-state index contributed by atoms with van der Waals surface area (Å²) < 4.78 is 27.3. The van der Waals surface area contributed by atoms with Gasteiger partial charge >= 0.3 is 0 Å². The second-order valence-electron chi connectivity index (χ2n) is 3.58. The zero-order valence-corrected chi connectivity index (χ0v) is 11.0. The predicted molar refractivity (Wildman–Crippen MR) is 69.1 cm³/mol. The standard InChI is InChI=1S/C9H10O3S.C3H9N/c1-2-8-12-13(10,11)9-6-4-3-5-7-9;1-3(2)4/h2-7H,1,8H2;3H,4H2,1-2H3. The molecule has 0 aliphatic carbocycles. The van der Waals surface area contributed by atoms with Crippen LogP contribution in [0, 0.1) is 0 Å². The van der Waals surface area contributed by atoms with Gasteiger partial charge in [0.2, 0.25) is 0 Å². The molecule has 1 aromatic carbocycles. The molecule has 0 heterocycles. The van der Waals surface area contributed by atoms with Crippen molar-refractivity contribution in [2.45, 2.75) is 24.8 Å². The Bertz CT molecular complexity index is 410. The van der Waals surface area contributed by atoms with Gasteiger partial charge in [0.05, 0.1) is 11.5 Å². The molecule has 96 valence electrons. The van der Waals surface area contributed by atoms with Crippen LogP contribution in [0.4, 0.5) is 0 Å². The minimum atomic E-state index is -3.59. The molecule has 2 N–H and O–H groups in total. The van der Waals surface area contributed by atoms with Crippen LogP contribution in [0.2, 0.25) is 0 Å². The maximum Gasteiger partial charge on any atom is 0.297 e. The molecule has 0 aliphatic rings. The molecule has 5 heteroatoms. The summed E-state index contributed by atoms with van der Waals surface area (Å²) in [6.45, 7) is 7.25. The van der Waals surface area contributed by atoms with E-state index in [1.807, 2.05) is 13.8 Å². The van der Waals surface area contributed by atoms with E-state index < -0.39 is 10.1 Å². The third-order valence-electron chi connectivity index (χ3n) is 1.37. The summed E-state index contributed by atoms with van der Waals surface area (Å²) in [7, 11) is -3.59. The molecule has 0 radical (unpaired) electrons. The molecule has 0 amide bonds. The molecular weight excluding hydrogens is 238 g/mol. The van der Waals surface area contributed by atoms with Crippen LogP contribution in [0.5, 0.6) is 0 Å². The fourth-order valence-corrected chi connectivity index (χ4v) is 1.69. The van der Waals surface area contributed by atoms with Gasteiger partial charge in [-0.2, -0.15) is 8.42 Å². The molecule has 0 fully saturated rings. The van der Waals surface area contributed by atoms with Crippen molar-refractivity contribution in [1.29, 1.82) is 0 Å². The van der Waals surface area contributed by atoms with E-state index in [2.05, 4.69) is 10.8 Å². The highest BCUT2D eigenvalue weighted by molar-refractivity contribution is 7.86. The Morgan fingerprint density at radius 1 is 1.35 bits per heavy atom. The third kappa shape index (κ3) is 7.68. The molecule has 4 nitrogen and oxygen atoms in total. The van der Waals surface area contributed by atoms with Crippen molar-refractivity contribution in [1.82, 2.24) is 0 Å². The van der Waals surface area contributed by atoms with Crippen molar-refractivity contribution in [2.24, 2.45) is 5.73 Å². The zero-order valence-electron chi connectivity index (χ0n) is 10.2. The van der Waals surface area contributed by atoms with Gasteiger partial charge < -0.3 is 5.73 Å². The zero-order chi connectivity index (χ0) is 13.3. The Kier molecular flexibility index (Phi) is 7.45. The second-order valence-corrected chi connectivity index (χ2v) is 5.20. The van der Waals surface area contributed by atoms with Crippen LogP contribution in [0.25, 0.3) is 0 Å². The van der Waals surface area contributed by atoms with Gasteiger partial charge in [0.1, 0.15) is 0 Å². The fraction of sp³-hybridized carbons (Fsp3) is 0.333. The monoisotopic (exact) mass is 257 g/mol. The van der Waals surface area contributed by atoms with Crippen molar-refractivity contribution in [3.05, 3.63) is 43.0 Å². The van der Waals surface area contributed by atoms with E-state index in [0.717, 1.165) is 0 Å². The average molecular weight is 257 g/mol. The van der Waals surface area contributed by atoms with Crippen LogP contribution in [0.3, 0.4) is 0 Å². The summed E-state index contributed by atoms with van der Waals surface area (Å²) in [6.07, 6.45) is 1.39. The summed E-state index contributed by atoms with van der Waals surface area (Å²) in [5.74, 6) is 0. The van der Waals surface area contributed by atoms with Crippen LogP contribution in [0.15, 0.2) is 47.9 Å². The van der Waals surface area contributed by atoms with Crippen LogP contribution in [-0.2, 0) is 14.3 Å². The molecule has 0 unspecified atom stereocenters. The fourth-order valence-electron chi connectivity index (χ4n) is 0.793. The largest absolute Gasteiger partial charge is 0.328 e. The van der Waals surface area contributed by atoms with Crippen molar-refractivity contribution in [3.63, 3.8) is 0 Å². The van der Waals surface area contributed by atoms with Crippen LogP contribution >= 0.6 is 0 Å². The Labute approximate surface area is 103 Å². The summed E-state index contributed by atoms with van der Waals surface area (Å²) in [4.78, 5) is 0.164. The van der Waals surface area contributed by atoms with Gasteiger partial charge in [-0.05, 0) is 18.2 Å². The smallest absolute Gasteiger partial charge is 0.297 e. The topological polar surface area (TPSA) is 69.4 Å². The lowest BCUT2D eigenvalue weighted by Gasteiger charge is -2.01. The number of benzene rings is 1. The maximum absolute atomic E-state index is 11.3. The first-order valence-corrected chi connectivity index (χ1v) is 6.62. The van der Waals surface area contributed by atoms with Gasteiger partial charge in [0.15, 0.2) is 0 Å². The number of hydrogen-bond donors (Lipinski definition) is 1. The number of hydrogen-bond acceptors (Lipinski definition) is 4. The first-order chi connectivity index (χ1) is 7.90. The molecule has 0 spiro atoms. The van der Waals surface area contributed by atoms with Gasteiger partial charge in [0, 0.05) is 0 Å². The van der Waals surface area contributed by atoms with Crippen molar-refractivity contribution >= 4 is 10.1 Å². The Morgan fingerprint density at radius 2 is 1.82 bits per heavy atom. The van der Waals surface area contributed by atoms with Crippen LogP contribution < -0.4 is 5.73 Å². The van der Waals surface area contributed by atoms with Crippen LogP contribution in [-0.4, -0.2) is 21.1 Å². The van der Waals surface area contributed by atoms with Gasteiger partial charge in [0.25, 0.3) is 10.1 Å². The minimum absolute atomic E-state index is 0.00275. The van der Waals surface area contributed by atoms with E-state index in [0.29, 0.717) is 6.04 Å². The highest BCUT2D eigenvalue weighted by Crippen LogP contribution is 2.10. The number of rotatable bonds is 4. The summed E-state index contributed by atoms with van der Waals surface area (Å²) in [5.41, 5.74) is 5.11. The SMILES string of the molecule is C=CCOS(=O)(=O)c1ccccc1.CC(C)N. The molecule has 0 bridgehead atoms. The molecule has 0 saturated carbocycles. The predicted octanol–water partition coefficient (Wildman–Crippen LogP) is 1.93. The molecule has 17 heavy (non-hydrogen) atoms. The summed E-state index contributed by atoms with van der Waals surface area (Å²) >= 11 is 0. The highest BCUT2D eigenvalue weighted by Gasteiger charge is 2.12. The van der Waals surface area contributed by atoms with Gasteiger partial charge in [-0.15, -0.1) is 6.58 Å². The van der Waals surface area contributed by atoms with Gasteiger partial charge in [-0.25, -0.2) is 0 Å².